The molecule has 1 aliphatic carbocycles. The second-order valence-corrected chi connectivity index (χ2v) is 14.5. The zero-order valence-corrected chi connectivity index (χ0v) is 31.1. The molecule has 1 unspecified atom stereocenters. The summed E-state index contributed by atoms with van der Waals surface area (Å²) < 4.78 is 5.42. The lowest BCUT2D eigenvalue weighted by atomic mass is 9.99. The smallest absolute Gasteiger partial charge is 0.327 e. The molecule has 13 heteroatoms. The number of esters is 1. The average molecular weight is 722 g/mol. The third kappa shape index (κ3) is 14.0. The van der Waals surface area contributed by atoms with Gasteiger partial charge in [0.2, 0.25) is 23.6 Å². The van der Waals surface area contributed by atoms with E-state index < -0.39 is 59.3 Å². The van der Waals surface area contributed by atoms with Crippen LogP contribution in [0.3, 0.4) is 0 Å². The van der Waals surface area contributed by atoms with Gasteiger partial charge in [-0.25, -0.2) is 4.79 Å². The standard InChI is InChI=1S/C39H59N7O6/c1-5-46(25-39(4,42)38(51)52-29-19-20-29)37(50)31(18-12-13-21-40)43-35(48)32(22-26(2)3)45-36(49)33(24-28-16-10-7-11-17-28)44-34(47)30(41)23-27-14-8-6-9-15-27/h6-11,14-17,26,29-33H,5,12-13,18-25,40-42H2,1-4H3,(H,43,48)(H,44,47)(H,45,49)/t30-,31-,32-,33-,39?/m1/s1. The summed E-state index contributed by atoms with van der Waals surface area (Å²) in [5, 5.41) is 8.56. The molecule has 2 aromatic carbocycles. The Morgan fingerprint density at radius 3 is 1.90 bits per heavy atom. The Balaban J connectivity index is 1.79. The van der Waals surface area contributed by atoms with Crippen LogP contribution in [0.5, 0.6) is 0 Å². The summed E-state index contributed by atoms with van der Waals surface area (Å²) in [5.41, 5.74) is 18.6. The first-order chi connectivity index (χ1) is 24.7. The predicted octanol–water partition coefficient (Wildman–Crippen LogP) is 1.70. The Hall–Kier alpha value is -4.33. The molecule has 1 aliphatic rings. The van der Waals surface area contributed by atoms with Crippen LogP contribution in [0.25, 0.3) is 0 Å². The zero-order chi connectivity index (χ0) is 38.3. The Morgan fingerprint density at radius 2 is 1.37 bits per heavy atom. The third-order valence-corrected chi connectivity index (χ3v) is 8.93. The van der Waals surface area contributed by atoms with E-state index in [0.717, 1.165) is 24.0 Å². The van der Waals surface area contributed by atoms with Crippen LogP contribution in [0.2, 0.25) is 0 Å². The molecule has 1 saturated carbocycles. The number of nitrogens with two attached hydrogens (primary N) is 3. The van der Waals surface area contributed by atoms with E-state index in [0.29, 0.717) is 25.8 Å². The van der Waals surface area contributed by atoms with Crippen molar-refractivity contribution in [2.45, 2.75) is 115 Å². The van der Waals surface area contributed by atoms with Crippen LogP contribution in [0, 0.1) is 5.92 Å². The van der Waals surface area contributed by atoms with Gasteiger partial charge in [0.25, 0.3) is 0 Å². The maximum Gasteiger partial charge on any atom is 0.327 e. The van der Waals surface area contributed by atoms with Crippen LogP contribution in [-0.2, 0) is 41.6 Å². The van der Waals surface area contributed by atoms with Gasteiger partial charge in [-0.1, -0.05) is 74.5 Å². The normalized spacial score (nSPS) is 16.1. The fourth-order valence-corrected chi connectivity index (χ4v) is 5.80. The molecule has 52 heavy (non-hydrogen) atoms. The highest BCUT2D eigenvalue weighted by atomic mass is 16.6. The second kappa shape index (κ2) is 20.6. The highest BCUT2D eigenvalue weighted by molar-refractivity contribution is 5.95. The van der Waals surface area contributed by atoms with Crippen LogP contribution in [-0.4, -0.2) is 89.9 Å². The van der Waals surface area contributed by atoms with Crippen molar-refractivity contribution in [3.63, 3.8) is 0 Å². The van der Waals surface area contributed by atoms with Crippen molar-refractivity contribution in [1.82, 2.24) is 20.9 Å². The summed E-state index contributed by atoms with van der Waals surface area (Å²) in [4.78, 5) is 69.4. The molecule has 9 N–H and O–H groups in total. The fourth-order valence-electron chi connectivity index (χ4n) is 5.80. The molecule has 2 aromatic rings. The summed E-state index contributed by atoms with van der Waals surface area (Å²) in [7, 11) is 0. The minimum atomic E-state index is -1.45. The number of likely N-dealkylation sites (N-methyl/N-ethyl adjacent to an activating group) is 1. The second-order valence-electron chi connectivity index (χ2n) is 14.5. The van der Waals surface area contributed by atoms with Gasteiger partial charge < -0.3 is 42.8 Å². The Bertz CT molecular complexity index is 1450. The first kappa shape index (κ1) is 42.1. The summed E-state index contributed by atoms with van der Waals surface area (Å²) in [6, 6.07) is 14.7. The molecule has 0 bridgehead atoms. The molecule has 4 amide bonds. The highest BCUT2D eigenvalue weighted by Crippen LogP contribution is 2.25. The molecular formula is C39H59N7O6. The summed E-state index contributed by atoms with van der Waals surface area (Å²) in [6.07, 6.45) is 3.66. The Kier molecular flexibility index (Phi) is 16.7. The molecule has 286 valence electrons. The summed E-state index contributed by atoms with van der Waals surface area (Å²) in [6.45, 7) is 7.70. The largest absolute Gasteiger partial charge is 0.461 e. The van der Waals surface area contributed by atoms with Gasteiger partial charge in [0.05, 0.1) is 6.04 Å². The average Bonchev–Trinajstić information content (AvgIpc) is 3.94. The lowest BCUT2D eigenvalue weighted by Crippen LogP contribution is -2.60. The highest BCUT2D eigenvalue weighted by Gasteiger charge is 2.39. The third-order valence-electron chi connectivity index (χ3n) is 8.93. The first-order valence-electron chi connectivity index (χ1n) is 18.5. The van der Waals surface area contributed by atoms with Crippen LogP contribution >= 0.6 is 0 Å². The number of ether oxygens (including phenoxy) is 1. The lowest BCUT2D eigenvalue weighted by molar-refractivity contribution is -0.152. The minimum Gasteiger partial charge on any atom is -0.461 e. The number of carbonyl (C=O) groups excluding carboxylic acids is 5. The van der Waals surface area contributed by atoms with Crippen molar-refractivity contribution in [3.05, 3.63) is 71.8 Å². The summed E-state index contributed by atoms with van der Waals surface area (Å²) in [5.74, 6) is -2.59. The van der Waals surface area contributed by atoms with Gasteiger partial charge in [0, 0.05) is 19.5 Å². The van der Waals surface area contributed by atoms with Crippen LogP contribution in [0.1, 0.15) is 77.3 Å². The van der Waals surface area contributed by atoms with E-state index in [9.17, 15) is 24.0 Å². The van der Waals surface area contributed by atoms with Gasteiger partial charge in [-0.3, -0.25) is 19.2 Å². The Labute approximate surface area is 308 Å². The van der Waals surface area contributed by atoms with E-state index in [1.165, 1.54) is 11.8 Å². The van der Waals surface area contributed by atoms with E-state index in [1.54, 1.807) is 6.92 Å². The maximum absolute atomic E-state index is 14.0. The molecule has 1 fully saturated rings. The number of unbranched alkanes of at least 4 members (excludes halogenated alkanes) is 1. The van der Waals surface area contributed by atoms with Gasteiger partial charge in [0.15, 0.2) is 0 Å². The van der Waals surface area contributed by atoms with Crippen molar-refractivity contribution in [2.75, 3.05) is 19.6 Å². The Morgan fingerprint density at radius 1 is 0.827 bits per heavy atom. The molecule has 5 atom stereocenters. The molecule has 0 spiro atoms. The molecule has 0 aliphatic heterocycles. The molecular weight excluding hydrogens is 662 g/mol. The summed E-state index contributed by atoms with van der Waals surface area (Å²) >= 11 is 0. The van der Waals surface area contributed by atoms with Gasteiger partial charge in [-0.15, -0.1) is 0 Å². The van der Waals surface area contributed by atoms with Crippen LogP contribution in [0.15, 0.2) is 60.7 Å². The van der Waals surface area contributed by atoms with Crippen LogP contribution in [0.4, 0.5) is 0 Å². The van der Waals surface area contributed by atoms with Gasteiger partial charge in [0.1, 0.15) is 29.8 Å². The van der Waals surface area contributed by atoms with E-state index in [-0.39, 0.29) is 44.4 Å². The number of nitrogens with one attached hydrogen (secondary N) is 3. The molecule has 13 nitrogen and oxygen atoms in total. The number of carbonyl (C=O) groups is 5. The molecule has 3 rings (SSSR count). The maximum atomic E-state index is 14.0. The van der Waals surface area contributed by atoms with Crippen molar-refractivity contribution < 1.29 is 28.7 Å². The number of amides is 4. The van der Waals surface area contributed by atoms with Gasteiger partial charge in [-0.2, -0.15) is 0 Å². The minimum absolute atomic E-state index is 0.00790. The van der Waals surface area contributed by atoms with Gasteiger partial charge in [-0.05, 0) is 82.4 Å². The first-order valence-corrected chi connectivity index (χ1v) is 18.5. The lowest BCUT2D eigenvalue weighted by Gasteiger charge is -2.33. The molecule has 0 heterocycles. The van der Waals surface area contributed by atoms with E-state index >= 15 is 0 Å². The van der Waals surface area contributed by atoms with E-state index in [2.05, 4.69) is 16.0 Å². The monoisotopic (exact) mass is 721 g/mol. The number of hydrogen-bond donors (Lipinski definition) is 6. The van der Waals surface area contributed by atoms with E-state index in [4.69, 9.17) is 21.9 Å². The molecule has 0 aromatic heterocycles. The quantitative estimate of drug-likeness (QED) is 0.0771. The number of hydrogen-bond acceptors (Lipinski definition) is 9. The van der Waals surface area contributed by atoms with Crippen molar-refractivity contribution >= 4 is 29.6 Å². The predicted molar refractivity (Wildman–Crippen MR) is 200 cm³/mol. The number of benzene rings is 2. The van der Waals surface area contributed by atoms with Crippen molar-refractivity contribution in [1.29, 1.82) is 0 Å². The van der Waals surface area contributed by atoms with Crippen molar-refractivity contribution in [3.8, 4) is 0 Å². The number of nitrogens with zero attached hydrogens (tertiary/aromatic N) is 1. The van der Waals surface area contributed by atoms with Crippen molar-refractivity contribution in [2.24, 2.45) is 23.1 Å². The number of rotatable bonds is 22. The fraction of sp³-hybridized carbons (Fsp3) is 0.564. The molecule has 0 radical (unpaired) electrons. The van der Waals surface area contributed by atoms with Crippen LogP contribution < -0.4 is 33.2 Å². The van der Waals surface area contributed by atoms with E-state index in [1.807, 2.05) is 74.5 Å². The van der Waals surface area contributed by atoms with Gasteiger partial charge >= 0.3 is 5.97 Å². The zero-order valence-electron chi connectivity index (χ0n) is 31.1. The SMILES string of the molecule is CCN(CC(C)(N)C(=O)OC1CC1)C(=O)[C@@H](CCCCN)NC(=O)[C@@H](CC(C)C)NC(=O)[C@@H](Cc1ccccc1)NC(=O)[C@H](N)Cc1ccccc1. The topological polar surface area (TPSA) is 212 Å². The molecule has 0 saturated heterocycles.